The zero-order chi connectivity index (χ0) is 28.1. The van der Waals surface area contributed by atoms with Gasteiger partial charge >= 0.3 is 6.09 Å². The van der Waals surface area contributed by atoms with Gasteiger partial charge in [0.2, 0.25) is 17.7 Å². The molecule has 3 aromatic carbocycles. The molecule has 4 rings (SSSR count). The van der Waals surface area contributed by atoms with Crippen LogP contribution in [0.25, 0.3) is 10.8 Å². The summed E-state index contributed by atoms with van der Waals surface area (Å²) in [6.45, 7) is 5.01. The number of imide groups is 1. The first-order valence-corrected chi connectivity index (χ1v) is 12.8. The van der Waals surface area contributed by atoms with Crippen molar-refractivity contribution in [2.24, 2.45) is 17.8 Å². The Morgan fingerprint density at radius 2 is 1.54 bits per heavy atom. The Bertz CT molecular complexity index is 1400. The van der Waals surface area contributed by atoms with Crippen LogP contribution in [-0.4, -0.2) is 35.6 Å². The molecule has 0 aromatic heterocycles. The number of nitrogens with one attached hydrogen (secondary N) is 3. The predicted octanol–water partition coefficient (Wildman–Crippen LogP) is 3.68. The van der Waals surface area contributed by atoms with E-state index in [9.17, 15) is 24.0 Å². The molecule has 3 N–H and O–H groups in total. The summed E-state index contributed by atoms with van der Waals surface area (Å²) >= 11 is 0. The molecule has 4 amide bonds. The number of carbonyl (C=O) groups is 5. The molecular weight excluding hydrogens is 498 g/mol. The molecule has 0 aliphatic carbocycles. The maximum atomic E-state index is 13.2. The van der Waals surface area contributed by atoms with Crippen LogP contribution in [-0.2, 0) is 19.2 Å². The highest BCUT2D eigenvalue weighted by molar-refractivity contribution is 6.16. The molecule has 0 radical (unpaired) electrons. The Hall–Kier alpha value is -4.53. The van der Waals surface area contributed by atoms with Crippen LogP contribution >= 0.6 is 0 Å². The standard InChI is InChI=1S/C30H31N3O6/c1-17(2)26(27(35)25-18(3)28(36)33-29(25)37)32-24(34)16-22(20-11-5-4-6-12-20)31-30(38)39-23-15-9-13-19-10-7-8-14-21(19)23/h4-15,17-18,22,25-26H,16H2,1-3H3,(H,31,38)(H,32,34)(H,33,36,37)/t18-,22?,25+,26-/m0/s1. The molecule has 9 nitrogen and oxygen atoms in total. The van der Waals surface area contributed by atoms with Crippen molar-refractivity contribution >= 4 is 40.4 Å². The number of ether oxygens (including phenoxy) is 1. The second-order valence-corrected chi connectivity index (χ2v) is 9.99. The average Bonchev–Trinajstić information content (AvgIpc) is 3.17. The molecule has 1 unspecified atom stereocenters. The number of rotatable bonds is 9. The third-order valence-corrected chi connectivity index (χ3v) is 6.87. The van der Waals surface area contributed by atoms with Crippen molar-refractivity contribution in [1.82, 2.24) is 16.0 Å². The van der Waals surface area contributed by atoms with E-state index in [4.69, 9.17) is 4.74 Å². The normalized spacial score (nSPS) is 18.4. The number of benzene rings is 3. The molecule has 1 aliphatic heterocycles. The number of fused-ring (bicyclic) bond motifs is 1. The molecule has 0 bridgehead atoms. The lowest BCUT2D eigenvalue weighted by Gasteiger charge is -2.26. The minimum absolute atomic E-state index is 0.184. The van der Waals surface area contributed by atoms with Gasteiger partial charge in [0.15, 0.2) is 5.78 Å². The molecular formula is C30H31N3O6. The van der Waals surface area contributed by atoms with Crippen LogP contribution in [0, 0.1) is 17.8 Å². The lowest BCUT2D eigenvalue weighted by Crippen LogP contribution is -2.49. The fraction of sp³-hybridized carbons (Fsp3) is 0.300. The van der Waals surface area contributed by atoms with Crippen molar-refractivity contribution in [1.29, 1.82) is 0 Å². The zero-order valence-electron chi connectivity index (χ0n) is 22.0. The zero-order valence-corrected chi connectivity index (χ0v) is 22.0. The Kier molecular flexibility index (Phi) is 8.39. The second kappa shape index (κ2) is 11.9. The van der Waals surface area contributed by atoms with E-state index < -0.39 is 53.5 Å². The van der Waals surface area contributed by atoms with Gasteiger partial charge in [0, 0.05) is 5.39 Å². The van der Waals surface area contributed by atoms with Crippen LogP contribution < -0.4 is 20.7 Å². The summed E-state index contributed by atoms with van der Waals surface area (Å²) in [4.78, 5) is 63.5. The number of hydrogen-bond acceptors (Lipinski definition) is 6. The van der Waals surface area contributed by atoms with E-state index in [2.05, 4.69) is 16.0 Å². The van der Waals surface area contributed by atoms with Crippen molar-refractivity contribution in [3.63, 3.8) is 0 Å². The van der Waals surface area contributed by atoms with E-state index in [-0.39, 0.29) is 12.3 Å². The maximum absolute atomic E-state index is 13.2. The summed E-state index contributed by atoms with van der Waals surface area (Å²) in [7, 11) is 0. The quantitative estimate of drug-likeness (QED) is 0.286. The first kappa shape index (κ1) is 27.5. The van der Waals surface area contributed by atoms with Crippen molar-refractivity contribution in [2.75, 3.05) is 0 Å². The topological polar surface area (TPSA) is 131 Å². The van der Waals surface area contributed by atoms with Crippen LogP contribution in [0.2, 0.25) is 0 Å². The molecule has 9 heteroatoms. The van der Waals surface area contributed by atoms with Gasteiger partial charge in [-0.25, -0.2) is 4.79 Å². The molecule has 1 heterocycles. The van der Waals surface area contributed by atoms with Gasteiger partial charge in [-0.2, -0.15) is 0 Å². The highest BCUT2D eigenvalue weighted by Gasteiger charge is 2.46. The summed E-state index contributed by atoms with van der Waals surface area (Å²) in [5, 5.41) is 9.36. The monoisotopic (exact) mass is 529 g/mol. The van der Waals surface area contributed by atoms with Crippen molar-refractivity contribution in [2.45, 2.75) is 39.3 Å². The average molecular weight is 530 g/mol. The Morgan fingerprint density at radius 3 is 2.21 bits per heavy atom. The van der Waals surface area contributed by atoms with Gasteiger partial charge < -0.3 is 15.4 Å². The number of hydrogen-bond donors (Lipinski definition) is 3. The van der Waals surface area contributed by atoms with E-state index in [0.29, 0.717) is 11.3 Å². The minimum Gasteiger partial charge on any atom is -0.410 e. The van der Waals surface area contributed by atoms with Crippen molar-refractivity contribution in [3.8, 4) is 5.75 Å². The molecule has 1 fully saturated rings. The van der Waals surface area contributed by atoms with Gasteiger partial charge in [-0.15, -0.1) is 0 Å². The summed E-state index contributed by atoms with van der Waals surface area (Å²) in [6.07, 6.45) is -0.921. The molecule has 3 aromatic rings. The highest BCUT2D eigenvalue weighted by Crippen LogP contribution is 2.26. The van der Waals surface area contributed by atoms with Gasteiger partial charge in [0.25, 0.3) is 0 Å². The minimum atomic E-state index is -1.16. The molecule has 202 valence electrons. The molecule has 1 aliphatic rings. The number of carbonyl (C=O) groups excluding carboxylic acids is 5. The Labute approximate surface area is 226 Å². The van der Waals surface area contributed by atoms with Crippen LogP contribution in [0.5, 0.6) is 5.75 Å². The van der Waals surface area contributed by atoms with E-state index in [1.807, 2.05) is 36.4 Å². The van der Waals surface area contributed by atoms with E-state index >= 15 is 0 Å². The van der Waals surface area contributed by atoms with Gasteiger partial charge in [-0.05, 0) is 22.9 Å². The number of Topliss-reactive ketones (excluding diaryl/α,β-unsaturated/α-hetero) is 1. The summed E-state index contributed by atoms with van der Waals surface area (Å²) in [5.41, 5.74) is 0.671. The lowest BCUT2D eigenvalue weighted by molar-refractivity contribution is -0.137. The summed E-state index contributed by atoms with van der Waals surface area (Å²) < 4.78 is 5.61. The smallest absolute Gasteiger partial charge is 0.410 e. The Morgan fingerprint density at radius 1 is 0.872 bits per heavy atom. The maximum Gasteiger partial charge on any atom is 0.413 e. The summed E-state index contributed by atoms with van der Waals surface area (Å²) in [6, 6.07) is 20.1. The molecule has 39 heavy (non-hydrogen) atoms. The molecule has 0 saturated carbocycles. The van der Waals surface area contributed by atoms with E-state index in [0.717, 1.165) is 10.8 Å². The van der Waals surface area contributed by atoms with Crippen LogP contribution in [0.3, 0.4) is 0 Å². The second-order valence-electron chi connectivity index (χ2n) is 9.99. The molecule has 1 saturated heterocycles. The van der Waals surface area contributed by atoms with Crippen LogP contribution in [0.4, 0.5) is 4.79 Å². The SMILES string of the molecule is CC(C)[C@H](NC(=O)CC(NC(=O)Oc1cccc2ccccc12)c1ccccc1)C(=O)[C@@H]1C(=O)NC(=O)[C@H]1C. The predicted molar refractivity (Wildman–Crippen MR) is 144 cm³/mol. The fourth-order valence-electron chi connectivity index (χ4n) is 4.74. The fourth-order valence-corrected chi connectivity index (χ4v) is 4.74. The van der Waals surface area contributed by atoms with E-state index in [1.165, 1.54) is 6.92 Å². The van der Waals surface area contributed by atoms with Crippen LogP contribution in [0.1, 0.15) is 38.8 Å². The van der Waals surface area contributed by atoms with Gasteiger partial charge in [-0.3, -0.25) is 24.5 Å². The number of amides is 4. The van der Waals surface area contributed by atoms with Crippen molar-refractivity contribution in [3.05, 3.63) is 78.4 Å². The van der Waals surface area contributed by atoms with Gasteiger partial charge in [0.05, 0.1) is 24.4 Å². The van der Waals surface area contributed by atoms with Gasteiger partial charge in [-0.1, -0.05) is 87.5 Å². The van der Waals surface area contributed by atoms with Crippen LogP contribution in [0.15, 0.2) is 72.8 Å². The van der Waals surface area contributed by atoms with Gasteiger partial charge in [0.1, 0.15) is 11.7 Å². The molecule has 0 spiro atoms. The molecule has 4 atom stereocenters. The van der Waals surface area contributed by atoms with E-state index in [1.54, 1.807) is 50.2 Å². The first-order valence-electron chi connectivity index (χ1n) is 12.8. The number of ketones is 1. The largest absolute Gasteiger partial charge is 0.413 e. The Balaban J connectivity index is 1.49. The lowest BCUT2D eigenvalue weighted by atomic mass is 9.85. The first-order chi connectivity index (χ1) is 18.7. The third-order valence-electron chi connectivity index (χ3n) is 6.87. The van der Waals surface area contributed by atoms with Crippen molar-refractivity contribution < 1.29 is 28.7 Å². The summed E-state index contributed by atoms with van der Waals surface area (Å²) in [5.74, 6) is -4.12. The third kappa shape index (κ3) is 6.31. The highest BCUT2D eigenvalue weighted by atomic mass is 16.6.